The first-order chi connectivity index (χ1) is 9.40. The fourth-order valence-electron chi connectivity index (χ4n) is 1.94. The van der Waals surface area contributed by atoms with Gasteiger partial charge in [-0.15, -0.1) is 0 Å². The van der Waals surface area contributed by atoms with Crippen molar-refractivity contribution in [2.45, 2.75) is 6.54 Å². The van der Waals surface area contributed by atoms with Crippen molar-refractivity contribution < 1.29 is 14.5 Å². The minimum Gasteiger partial charge on any atom is -0.335 e. The van der Waals surface area contributed by atoms with Crippen LogP contribution in [-0.2, 0) is 16.1 Å². The van der Waals surface area contributed by atoms with Crippen LogP contribution in [0.5, 0.6) is 0 Å². The molecule has 2 amide bonds. The lowest BCUT2D eigenvalue weighted by atomic mass is 10.1. The van der Waals surface area contributed by atoms with Gasteiger partial charge in [0.2, 0.25) is 11.8 Å². The van der Waals surface area contributed by atoms with Crippen LogP contribution in [0.4, 0.5) is 5.69 Å². The highest BCUT2D eigenvalue weighted by atomic mass is 79.9. The van der Waals surface area contributed by atoms with Gasteiger partial charge in [0, 0.05) is 19.7 Å². The molecule has 0 radical (unpaired) electrons. The van der Waals surface area contributed by atoms with Crippen molar-refractivity contribution in [3.63, 3.8) is 0 Å². The average molecular weight is 342 g/mol. The molecule has 0 aromatic heterocycles. The molecule has 0 aliphatic carbocycles. The van der Waals surface area contributed by atoms with Crippen molar-refractivity contribution in [3.8, 4) is 0 Å². The fourth-order valence-corrected chi connectivity index (χ4v) is 2.48. The van der Waals surface area contributed by atoms with Crippen molar-refractivity contribution in [2.24, 2.45) is 0 Å². The molecule has 1 aliphatic rings. The number of amides is 2. The molecule has 1 aliphatic heterocycles. The van der Waals surface area contributed by atoms with Gasteiger partial charge in [-0.3, -0.25) is 19.7 Å². The number of halogens is 1. The molecule has 0 spiro atoms. The molecule has 1 saturated heterocycles. The Morgan fingerprint density at radius 1 is 1.30 bits per heavy atom. The number of hydrogen-bond donors (Lipinski definition) is 0. The third kappa shape index (κ3) is 2.79. The van der Waals surface area contributed by atoms with Gasteiger partial charge in [-0.1, -0.05) is 12.1 Å². The van der Waals surface area contributed by atoms with Crippen molar-refractivity contribution in [1.29, 1.82) is 0 Å². The van der Waals surface area contributed by atoms with Crippen LogP contribution in [0.2, 0.25) is 0 Å². The number of rotatable bonds is 3. The molecule has 0 bridgehead atoms. The number of hydrogen-bond acceptors (Lipinski definition) is 4. The Balaban J connectivity index is 2.22. The number of nitro benzene ring substituents is 1. The van der Waals surface area contributed by atoms with E-state index in [0.717, 1.165) is 0 Å². The average Bonchev–Trinajstić information content (AvgIpc) is 2.37. The van der Waals surface area contributed by atoms with Gasteiger partial charge in [-0.05, 0) is 21.5 Å². The van der Waals surface area contributed by atoms with E-state index in [4.69, 9.17) is 0 Å². The van der Waals surface area contributed by atoms with Gasteiger partial charge in [0.25, 0.3) is 5.69 Å². The Morgan fingerprint density at radius 3 is 2.65 bits per heavy atom. The van der Waals surface area contributed by atoms with E-state index in [0.29, 0.717) is 10.0 Å². The smallest absolute Gasteiger partial charge is 0.283 e. The zero-order valence-corrected chi connectivity index (χ0v) is 12.3. The van der Waals surface area contributed by atoms with Gasteiger partial charge in [0.15, 0.2) is 0 Å². The number of nitro groups is 1. The zero-order valence-electron chi connectivity index (χ0n) is 10.7. The second-order valence-electron chi connectivity index (χ2n) is 4.51. The van der Waals surface area contributed by atoms with E-state index >= 15 is 0 Å². The molecule has 1 fully saturated rings. The van der Waals surface area contributed by atoms with E-state index in [9.17, 15) is 19.7 Å². The number of carbonyl (C=O) groups excluding carboxylic acids is 2. The van der Waals surface area contributed by atoms with E-state index in [2.05, 4.69) is 15.9 Å². The van der Waals surface area contributed by atoms with Crippen molar-refractivity contribution in [3.05, 3.63) is 38.3 Å². The number of benzene rings is 1. The van der Waals surface area contributed by atoms with Crippen LogP contribution < -0.4 is 0 Å². The first-order valence-corrected chi connectivity index (χ1v) is 6.63. The number of piperazine rings is 1. The summed E-state index contributed by atoms with van der Waals surface area (Å²) in [5.74, 6) is -0.323. The monoisotopic (exact) mass is 341 g/mol. The third-order valence-corrected chi connectivity index (χ3v) is 4.01. The summed E-state index contributed by atoms with van der Waals surface area (Å²) in [4.78, 5) is 36.6. The van der Waals surface area contributed by atoms with E-state index in [-0.39, 0.29) is 37.1 Å². The van der Waals surface area contributed by atoms with Crippen LogP contribution in [0.3, 0.4) is 0 Å². The third-order valence-electron chi connectivity index (χ3n) is 3.09. The predicted octanol–water partition coefficient (Wildman–Crippen LogP) is 1.16. The minimum absolute atomic E-state index is 0.00946. The lowest BCUT2D eigenvalue weighted by Gasteiger charge is -2.31. The first kappa shape index (κ1) is 14.4. The Hall–Kier alpha value is -1.96. The van der Waals surface area contributed by atoms with Gasteiger partial charge >= 0.3 is 0 Å². The molecular weight excluding hydrogens is 330 g/mol. The number of carbonyl (C=O) groups is 2. The highest BCUT2D eigenvalue weighted by molar-refractivity contribution is 9.10. The summed E-state index contributed by atoms with van der Waals surface area (Å²) in [6.07, 6.45) is 0. The molecule has 1 aromatic rings. The highest BCUT2D eigenvalue weighted by Crippen LogP contribution is 2.29. The molecule has 2 rings (SSSR count). The fraction of sp³-hybridized carbons (Fsp3) is 0.333. The molecule has 8 heteroatoms. The Labute approximate surface area is 123 Å². The molecule has 0 saturated carbocycles. The van der Waals surface area contributed by atoms with E-state index in [1.807, 2.05) is 0 Å². The summed E-state index contributed by atoms with van der Waals surface area (Å²) in [6, 6.07) is 4.62. The van der Waals surface area contributed by atoms with Gasteiger partial charge in [-0.2, -0.15) is 0 Å². The molecule has 1 aromatic carbocycles. The predicted molar refractivity (Wildman–Crippen MR) is 73.9 cm³/mol. The molecular formula is C12H12BrN3O4. The van der Waals surface area contributed by atoms with Crippen molar-refractivity contribution >= 4 is 33.4 Å². The molecule has 0 atom stereocenters. The second-order valence-corrected chi connectivity index (χ2v) is 5.30. The molecule has 7 nitrogen and oxygen atoms in total. The maximum absolute atomic E-state index is 11.9. The standard InChI is InChI=1S/C12H12BrN3O4/c1-14-6-11(18)15(7-10(14)17)5-8-3-2-4-9(12(8)13)16(19)20/h2-4H,5-7H2,1H3. The Kier molecular flexibility index (Phi) is 4.03. The summed E-state index contributed by atoms with van der Waals surface area (Å²) >= 11 is 3.18. The molecule has 106 valence electrons. The SMILES string of the molecule is CN1CC(=O)N(Cc2cccc([N+](=O)[O-])c2Br)CC1=O. The Morgan fingerprint density at radius 2 is 2.00 bits per heavy atom. The molecule has 0 unspecified atom stereocenters. The summed E-state index contributed by atoms with van der Waals surface area (Å²) in [6.45, 7) is 0.191. The highest BCUT2D eigenvalue weighted by Gasteiger charge is 2.28. The van der Waals surface area contributed by atoms with Crippen molar-refractivity contribution in [2.75, 3.05) is 20.1 Å². The molecule has 20 heavy (non-hydrogen) atoms. The summed E-state index contributed by atoms with van der Waals surface area (Å²) < 4.78 is 0.337. The minimum atomic E-state index is -0.495. The maximum atomic E-state index is 11.9. The lowest BCUT2D eigenvalue weighted by Crippen LogP contribution is -2.51. The van der Waals surface area contributed by atoms with Gasteiger partial charge in [-0.25, -0.2) is 0 Å². The summed E-state index contributed by atoms with van der Waals surface area (Å²) in [5.41, 5.74) is 0.542. The van der Waals surface area contributed by atoms with E-state index < -0.39 is 4.92 Å². The second kappa shape index (κ2) is 5.58. The topological polar surface area (TPSA) is 83.8 Å². The van der Waals surface area contributed by atoms with E-state index in [1.54, 1.807) is 19.2 Å². The molecule has 0 N–H and O–H groups in total. The van der Waals surface area contributed by atoms with Crippen molar-refractivity contribution in [1.82, 2.24) is 9.80 Å². The number of nitrogens with zero attached hydrogens (tertiary/aromatic N) is 3. The van der Waals surface area contributed by atoms with Crippen LogP contribution in [0.25, 0.3) is 0 Å². The van der Waals surface area contributed by atoms with Crippen LogP contribution in [0.15, 0.2) is 22.7 Å². The van der Waals surface area contributed by atoms with Crippen LogP contribution in [-0.4, -0.2) is 46.7 Å². The Bertz CT molecular complexity index is 590. The first-order valence-electron chi connectivity index (χ1n) is 5.83. The van der Waals surface area contributed by atoms with Crippen LogP contribution in [0.1, 0.15) is 5.56 Å². The summed E-state index contributed by atoms with van der Waals surface area (Å²) in [7, 11) is 1.57. The number of likely N-dealkylation sites (N-methyl/N-ethyl adjacent to an activating group) is 1. The molecule has 1 heterocycles. The van der Waals surface area contributed by atoms with Gasteiger partial charge < -0.3 is 9.80 Å². The normalized spacial score (nSPS) is 15.7. The lowest BCUT2D eigenvalue weighted by molar-refractivity contribution is -0.385. The van der Waals surface area contributed by atoms with Crippen LogP contribution >= 0.6 is 15.9 Å². The summed E-state index contributed by atoms with van der Waals surface area (Å²) in [5, 5.41) is 10.9. The van der Waals surface area contributed by atoms with Crippen LogP contribution in [0, 0.1) is 10.1 Å². The van der Waals surface area contributed by atoms with E-state index in [1.165, 1.54) is 15.9 Å². The largest absolute Gasteiger partial charge is 0.335 e. The quantitative estimate of drug-likeness (QED) is 0.610. The maximum Gasteiger partial charge on any atom is 0.283 e. The van der Waals surface area contributed by atoms with Gasteiger partial charge in [0.05, 0.1) is 11.5 Å². The van der Waals surface area contributed by atoms with Gasteiger partial charge in [0.1, 0.15) is 11.0 Å². The zero-order chi connectivity index (χ0) is 14.9.